The normalized spacial score (nSPS) is 14.4. The molecule has 0 spiro atoms. The van der Waals surface area contributed by atoms with Crippen LogP contribution in [0.2, 0.25) is 5.02 Å². The van der Waals surface area contributed by atoms with Gasteiger partial charge in [0.15, 0.2) is 0 Å². The highest BCUT2D eigenvalue weighted by Crippen LogP contribution is 2.18. The summed E-state index contributed by atoms with van der Waals surface area (Å²) in [6.07, 6.45) is 6.28. The van der Waals surface area contributed by atoms with Gasteiger partial charge in [-0.2, -0.15) is 0 Å². The number of nitrogens with one attached hydrogen (secondary N) is 1. The Morgan fingerprint density at radius 1 is 1.50 bits per heavy atom. The molecule has 0 aliphatic heterocycles. The molecule has 0 radical (unpaired) electrons. The van der Waals surface area contributed by atoms with Gasteiger partial charge < -0.3 is 4.74 Å². The van der Waals surface area contributed by atoms with Gasteiger partial charge in [-0.05, 0) is 31.4 Å². The van der Waals surface area contributed by atoms with Crippen LogP contribution in [0.4, 0.5) is 0 Å². The van der Waals surface area contributed by atoms with Crippen molar-refractivity contribution in [2.24, 2.45) is 5.84 Å². The van der Waals surface area contributed by atoms with Gasteiger partial charge in [0, 0.05) is 19.0 Å². The van der Waals surface area contributed by atoms with Crippen LogP contribution in [0.1, 0.15) is 32.3 Å². The van der Waals surface area contributed by atoms with E-state index in [0.717, 1.165) is 24.8 Å². The van der Waals surface area contributed by atoms with E-state index in [1.54, 1.807) is 12.4 Å². The lowest BCUT2D eigenvalue weighted by molar-refractivity contribution is 0.0281. The minimum Gasteiger partial charge on any atom is -0.377 e. The summed E-state index contributed by atoms with van der Waals surface area (Å²) in [5.74, 6) is 5.64. The van der Waals surface area contributed by atoms with Gasteiger partial charge in [-0.1, -0.05) is 24.9 Å². The number of hydrogen-bond acceptors (Lipinski definition) is 4. The zero-order valence-electron chi connectivity index (χ0n) is 11.0. The van der Waals surface area contributed by atoms with E-state index in [1.807, 2.05) is 13.0 Å². The molecule has 4 nitrogen and oxygen atoms in total. The molecule has 5 heteroatoms. The second-order valence-corrected chi connectivity index (χ2v) is 4.63. The molecule has 1 aromatic heterocycles. The van der Waals surface area contributed by atoms with E-state index in [2.05, 4.69) is 17.3 Å². The first-order valence-electron chi connectivity index (χ1n) is 6.39. The number of hydrazine groups is 1. The molecule has 102 valence electrons. The summed E-state index contributed by atoms with van der Waals surface area (Å²) in [7, 11) is 0. The first-order chi connectivity index (χ1) is 8.72. The molecule has 0 saturated heterocycles. The molecular weight excluding hydrogens is 250 g/mol. The van der Waals surface area contributed by atoms with E-state index in [4.69, 9.17) is 22.2 Å². The van der Waals surface area contributed by atoms with Crippen LogP contribution in [0.5, 0.6) is 0 Å². The van der Waals surface area contributed by atoms with Crippen molar-refractivity contribution < 1.29 is 4.74 Å². The fraction of sp³-hybridized carbons (Fsp3) is 0.615. The molecule has 2 unspecified atom stereocenters. The SMILES string of the molecule is CCCC(OCC)C(Cc1ccncc1Cl)NN. The van der Waals surface area contributed by atoms with Crippen molar-refractivity contribution >= 4 is 11.6 Å². The quantitative estimate of drug-likeness (QED) is 0.563. The van der Waals surface area contributed by atoms with Crippen LogP contribution in [-0.2, 0) is 11.2 Å². The van der Waals surface area contributed by atoms with E-state index in [9.17, 15) is 0 Å². The molecular formula is C13H22ClN3O. The molecule has 3 N–H and O–H groups in total. The molecule has 0 aromatic carbocycles. The summed E-state index contributed by atoms with van der Waals surface area (Å²) >= 11 is 6.11. The van der Waals surface area contributed by atoms with Crippen molar-refractivity contribution in [2.45, 2.75) is 45.3 Å². The molecule has 0 saturated carbocycles. The van der Waals surface area contributed by atoms with Gasteiger partial charge in [0.1, 0.15) is 0 Å². The van der Waals surface area contributed by atoms with Gasteiger partial charge in [0.25, 0.3) is 0 Å². The van der Waals surface area contributed by atoms with E-state index in [-0.39, 0.29) is 12.1 Å². The van der Waals surface area contributed by atoms with E-state index in [1.165, 1.54) is 0 Å². The zero-order valence-corrected chi connectivity index (χ0v) is 11.8. The number of halogens is 1. The Balaban J connectivity index is 2.73. The molecule has 18 heavy (non-hydrogen) atoms. The topological polar surface area (TPSA) is 60.2 Å². The van der Waals surface area contributed by atoms with Crippen molar-refractivity contribution in [3.63, 3.8) is 0 Å². The molecule has 1 heterocycles. The van der Waals surface area contributed by atoms with Gasteiger partial charge in [0.2, 0.25) is 0 Å². The van der Waals surface area contributed by atoms with Crippen LogP contribution in [-0.4, -0.2) is 23.7 Å². The fourth-order valence-electron chi connectivity index (χ4n) is 2.00. The number of hydrogen-bond donors (Lipinski definition) is 2. The monoisotopic (exact) mass is 271 g/mol. The van der Waals surface area contributed by atoms with Gasteiger partial charge in [-0.15, -0.1) is 0 Å². The Kier molecular flexibility index (Phi) is 7.20. The van der Waals surface area contributed by atoms with Gasteiger partial charge in [-0.25, -0.2) is 0 Å². The highest BCUT2D eigenvalue weighted by Gasteiger charge is 2.21. The summed E-state index contributed by atoms with van der Waals surface area (Å²) in [5, 5.41) is 0.671. The Hall–Kier alpha value is -0.680. The van der Waals surface area contributed by atoms with E-state index >= 15 is 0 Å². The van der Waals surface area contributed by atoms with Crippen molar-refractivity contribution in [3.8, 4) is 0 Å². The Morgan fingerprint density at radius 3 is 2.83 bits per heavy atom. The molecule has 1 aromatic rings. The molecule has 0 amide bonds. The average Bonchev–Trinajstić information content (AvgIpc) is 2.38. The lowest BCUT2D eigenvalue weighted by atomic mass is 9.99. The highest BCUT2D eigenvalue weighted by atomic mass is 35.5. The first kappa shape index (κ1) is 15.4. The zero-order chi connectivity index (χ0) is 13.4. The van der Waals surface area contributed by atoms with Crippen LogP contribution in [0.3, 0.4) is 0 Å². The Bertz CT molecular complexity index is 343. The standard InChI is InChI=1S/C13H22ClN3O/c1-3-5-13(18-4-2)12(17-15)8-10-6-7-16-9-11(10)14/h6-7,9,12-13,17H,3-5,8,15H2,1-2H3. The van der Waals surface area contributed by atoms with E-state index < -0.39 is 0 Å². The predicted molar refractivity (Wildman–Crippen MR) is 74.4 cm³/mol. The molecule has 1 rings (SSSR count). The number of ether oxygens (including phenoxy) is 1. The van der Waals surface area contributed by atoms with Gasteiger partial charge in [0.05, 0.1) is 17.2 Å². The second-order valence-electron chi connectivity index (χ2n) is 4.23. The second kappa shape index (κ2) is 8.43. The molecule has 0 aliphatic carbocycles. The Labute approximate surface area is 114 Å². The third-order valence-electron chi connectivity index (χ3n) is 2.91. The molecule has 0 fully saturated rings. The van der Waals surface area contributed by atoms with Crippen molar-refractivity contribution in [1.82, 2.24) is 10.4 Å². The summed E-state index contributed by atoms with van der Waals surface area (Å²) in [6, 6.07) is 1.98. The summed E-state index contributed by atoms with van der Waals surface area (Å²) in [4.78, 5) is 3.98. The fourth-order valence-corrected chi connectivity index (χ4v) is 2.20. The number of pyridine rings is 1. The van der Waals surface area contributed by atoms with Gasteiger partial charge >= 0.3 is 0 Å². The molecule has 0 bridgehead atoms. The van der Waals surface area contributed by atoms with Crippen LogP contribution in [0.25, 0.3) is 0 Å². The number of nitrogens with two attached hydrogens (primary N) is 1. The van der Waals surface area contributed by atoms with Crippen LogP contribution >= 0.6 is 11.6 Å². The minimum atomic E-state index is 0.0600. The highest BCUT2D eigenvalue weighted by molar-refractivity contribution is 6.31. The number of aromatic nitrogens is 1. The van der Waals surface area contributed by atoms with Crippen molar-refractivity contribution in [3.05, 3.63) is 29.0 Å². The lowest BCUT2D eigenvalue weighted by Crippen LogP contribution is -2.46. The maximum Gasteiger partial charge on any atom is 0.0744 e. The maximum absolute atomic E-state index is 6.11. The molecule has 2 atom stereocenters. The summed E-state index contributed by atoms with van der Waals surface area (Å²) in [5.41, 5.74) is 3.88. The summed E-state index contributed by atoms with van der Waals surface area (Å²) < 4.78 is 5.75. The third kappa shape index (κ3) is 4.53. The van der Waals surface area contributed by atoms with Crippen LogP contribution < -0.4 is 11.3 Å². The maximum atomic E-state index is 6.11. The summed E-state index contributed by atoms with van der Waals surface area (Å²) in [6.45, 7) is 4.82. The predicted octanol–water partition coefficient (Wildman–Crippen LogP) is 2.31. The van der Waals surface area contributed by atoms with Crippen molar-refractivity contribution in [1.29, 1.82) is 0 Å². The minimum absolute atomic E-state index is 0.0600. The van der Waals surface area contributed by atoms with Crippen molar-refractivity contribution in [2.75, 3.05) is 6.61 Å². The first-order valence-corrected chi connectivity index (χ1v) is 6.76. The van der Waals surface area contributed by atoms with Crippen LogP contribution in [0, 0.1) is 0 Å². The number of nitrogens with zero attached hydrogens (tertiary/aromatic N) is 1. The number of rotatable bonds is 8. The smallest absolute Gasteiger partial charge is 0.0744 e. The van der Waals surface area contributed by atoms with Gasteiger partial charge in [-0.3, -0.25) is 16.3 Å². The average molecular weight is 272 g/mol. The Morgan fingerprint density at radius 2 is 2.28 bits per heavy atom. The third-order valence-corrected chi connectivity index (χ3v) is 3.25. The van der Waals surface area contributed by atoms with E-state index in [0.29, 0.717) is 11.6 Å². The largest absolute Gasteiger partial charge is 0.377 e. The lowest BCUT2D eigenvalue weighted by Gasteiger charge is -2.26. The molecule has 0 aliphatic rings. The van der Waals surface area contributed by atoms with Crippen LogP contribution in [0.15, 0.2) is 18.5 Å².